The van der Waals surface area contributed by atoms with Gasteiger partial charge in [-0.05, 0) is 107 Å². The van der Waals surface area contributed by atoms with Crippen LogP contribution in [0.2, 0.25) is 0 Å². The van der Waals surface area contributed by atoms with E-state index in [0.29, 0.717) is 5.92 Å². The van der Waals surface area contributed by atoms with Gasteiger partial charge in [-0.3, -0.25) is 9.97 Å². The van der Waals surface area contributed by atoms with Gasteiger partial charge in [-0.2, -0.15) is 0 Å². The molecule has 3 heterocycles. The zero-order valence-electron chi connectivity index (χ0n) is 34.8. The van der Waals surface area contributed by atoms with Crippen LogP contribution in [0.4, 0.5) is 0 Å². The maximum absolute atomic E-state index is 5.30. The second kappa shape index (κ2) is 16.3. The van der Waals surface area contributed by atoms with E-state index < -0.39 is 0 Å². The van der Waals surface area contributed by atoms with Crippen molar-refractivity contribution in [2.24, 2.45) is 0 Å². The van der Waals surface area contributed by atoms with Crippen molar-refractivity contribution in [1.29, 1.82) is 0 Å². The zero-order valence-corrected chi connectivity index (χ0v) is 34.8. The number of rotatable bonds is 7. The van der Waals surface area contributed by atoms with Crippen LogP contribution >= 0.6 is 0 Å². The maximum atomic E-state index is 5.30. The molecule has 0 saturated carbocycles. The summed E-state index contributed by atoms with van der Waals surface area (Å²) >= 11 is 0. The van der Waals surface area contributed by atoms with E-state index >= 15 is 0 Å². The average Bonchev–Trinajstić information content (AvgIpc) is 3.33. The summed E-state index contributed by atoms with van der Waals surface area (Å²) in [5.41, 5.74) is 17.4. The number of hydrogen-bond acceptors (Lipinski definition) is 4. The Kier molecular flexibility index (Phi) is 9.90. The van der Waals surface area contributed by atoms with Crippen LogP contribution in [0.15, 0.2) is 182 Å². The molecular weight excluding hydrogens is 753 g/mol. The molecule has 0 N–H and O–H groups in total. The van der Waals surface area contributed by atoms with E-state index in [-0.39, 0.29) is 11.8 Å². The Balaban J connectivity index is 0.874. The molecule has 6 aromatic carbocycles. The third-order valence-electron chi connectivity index (χ3n) is 13.0. The van der Waals surface area contributed by atoms with Crippen LogP contribution in [0.25, 0.3) is 79.0 Å². The number of allylic oxidation sites excluding steroid dienone is 2. The highest BCUT2D eigenvalue weighted by molar-refractivity contribution is 5.87. The Labute approximate surface area is 363 Å². The highest BCUT2D eigenvalue weighted by Crippen LogP contribution is 2.44. The van der Waals surface area contributed by atoms with Gasteiger partial charge in [-0.1, -0.05) is 159 Å². The first kappa shape index (κ1) is 37.7. The molecule has 3 unspecified atom stereocenters. The molecule has 3 aromatic heterocycles. The summed E-state index contributed by atoms with van der Waals surface area (Å²) in [6.45, 7) is 2.32. The minimum atomic E-state index is 0.248. The summed E-state index contributed by atoms with van der Waals surface area (Å²) in [5.74, 6) is 1.60. The van der Waals surface area contributed by atoms with Crippen LogP contribution in [0.5, 0.6) is 0 Å². The first-order valence-corrected chi connectivity index (χ1v) is 22.0. The molecule has 4 heteroatoms. The lowest BCUT2D eigenvalue weighted by molar-refractivity contribution is 0.594. The van der Waals surface area contributed by atoms with Gasteiger partial charge in [0.1, 0.15) is 0 Å². The summed E-state index contributed by atoms with van der Waals surface area (Å²) in [6.07, 6.45) is 15.5. The fourth-order valence-corrected chi connectivity index (χ4v) is 9.78. The van der Waals surface area contributed by atoms with Gasteiger partial charge >= 0.3 is 0 Å². The Morgan fingerprint density at radius 2 is 1.29 bits per heavy atom. The Hall–Kier alpha value is -7.30. The van der Waals surface area contributed by atoms with Crippen molar-refractivity contribution in [1.82, 2.24) is 19.9 Å². The van der Waals surface area contributed by atoms with Crippen LogP contribution in [0, 0.1) is 0 Å². The second-order valence-corrected chi connectivity index (χ2v) is 16.8. The first-order chi connectivity index (χ1) is 30.6. The molecular formula is C58H46N4. The van der Waals surface area contributed by atoms with E-state index in [1.807, 2.05) is 36.5 Å². The first-order valence-electron chi connectivity index (χ1n) is 22.0. The van der Waals surface area contributed by atoms with Crippen molar-refractivity contribution in [2.45, 2.75) is 50.4 Å². The van der Waals surface area contributed by atoms with Gasteiger partial charge in [0.05, 0.1) is 22.4 Å². The predicted molar refractivity (Wildman–Crippen MR) is 257 cm³/mol. The zero-order chi connectivity index (χ0) is 41.4. The minimum Gasteiger partial charge on any atom is -0.256 e. The van der Waals surface area contributed by atoms with Crippen LogP contribution in [0.1, 0.15) is 77.5 Å². The van der Waals surface area contributed by atoms with E-state index in [9.17, 15) is 0 Å². The highest BCUT2D eigenvalue weighted by atomic mass is 14.9. The van der Waals surface area contributed by atoms with Gasteiger partial charge < -0.3 is 0 Å². The standard InChI is InChI=1S/C58H46N4/c1-2-49-50(46-17-9-18-48(35-46)56-37-55(39-12-5-3-6-13-39)61-58(62-56)43-14-7-4-8-15-43)31-28-47-34-44(27-30-51(47)49)45-26-24-41-29-32-53(60-54(41)36-45)40-16-10-20-52-38(21-23-40)22-25-42-19-11-33-59-57(42)52/h3-9,11-15,17-19,21-37,40,49-50H,2,10,16,20H2,1H3/b23-21-. The molecule has 2 aliphatic carbocycles. The predicted octanol–water partition coefficient (Wildman–Crippen LogP) is 14.7. The van der Waals surface area contributed by atoms with Gasteiger partial charge in [-0.25, -0.2) is 9.97 Å². The number of benzene rings is 6. The summed E-state index contributed by atoms with van der Waals surface area (Å²) in [6, 6.07) is 58.6. The summed E-state index contributed by atoms with van der Waals surface area (Å²) < 4.78 is 0. The Bertz CT molecular complexity index is 3110. The van der Waals surface area contributed by atoms with E-state index in [1.54, 1.807) is 0 Å². The molecule has 2 aliphatic rings. The molecule has 298 valence electrons. The van der Waals surface area contributed by atoms with Gasteiger partial charge in [0.15, 0.2) is 5.82 Å². The average molecular weight is 799 g/mol. The molecule has 11 rings (SSSR count). The van der Waals surface area contributed by atoms with Gasteiger partial charge in [0, 0.05) is 51.2 Å². The van der Waals surface area contributed by atoms with Gasteiger partial charge in [0.2, 0.25) is 0 Å². The molecule has 0 radical (unpaired) electrons. The van der Waals surface area contributed by atoms with Crippen molar-refractivity contribution in [2.75, 3.05) is 0 Å². The lowest BCUT2D eigenvalue weighted by atomic mass is 9.74. The molecule has 4 nitrogen and oxygen atoms in total. The third-order valence-corrected chi connectivity index (χ3v) is 13.0. The van der Waals surface area contributed by atoms with Crippen molar-refractivity contribution in [3.05, 3.63) is 216 Å². The molecule has 0 amide bonds. The molecule has 0 saturated heterocycles. The monoisotopic (exact) mass is 798 g/mol. The van der Waals surface area contributed by atoms with E-state index in [4.69, 9.17) is 19.9 Å². The van der Waals surface area contributed by atoms with Crippen LogP contribution in [0.3, 0.4) is 0 Å². The second-order valence-electron chi connectivity index (χ2n) is 16.8. The number of aryl methyl sites for hydroxylation is 1. The number of fused-ring (bicyclic) bond motifs is 5. The molecule has 0 fully saturated rings. The van der Waals surface area contributed by atoms with Crippen molar-refractivity contribution >= 4 is 34.0 Å². The molecule has 62 heavy (non-hydrogen) atoms. The van der Waals surface area contributed by atoms with Gasteiger partial charge in [-0.15, -0.1) is 0 Å². The lowest BCUT2D eigenvalue weighted by Gasteiger charge is -2.30. The van der Waals surface area contributed by atoms with Crippen molar-refractivity contribution in [3.63, 3.8) is 0 Å². The van der Waals surface area contributed by atoms with E-state index in [1.165, 1.54) is 49.7 Å². The number of aromatic nitrogens is 4. The maximum Gasteiger partial charge on any atom is 0.160 e. The van der Waals surface area contributed by atoms with Crippen molar-refractivity contribution < 1.29 is 0 Å². The van der Waals surface area contributed by atoms with E-state index in [0.717, 1.165) is 76.3 Å². The molecule has 0 aliphatic heterocycles. The van der Waals surface area contributed by atoms with Crippen LogP contribution < -0.4 is 0 Å². The minimum absolute atomic E-state index is 0.248. The topological polar surface area (TPSA) is 51.6 Å². The SMILES string of the molecule is CCC1c2ccc(-c3ccc4ccc(C5/C=C\c6ccc7cccnc7c6CCC5)nc4c3)cc2C=CC1c1cccc(-c2cc(-c3ccccc3)nc(-c3ccccc3)n2)c1. The van der Waals surface area contributed by atoms with E-state index in [2.05, 4.69) is 165 Å². The number of nitrogens with zero attached hydrogens (tertiary/aromatic N) is 4. The normalized spacial score (nSPS) is 17.5. The highest BCUT2D eigenvalue weighted by Gasteiger charge is 2.27. The third kappa shape index (κ3) is 7.22. The molecule has 9 aromatic rings. The number of hydrogen-bond donors (Lipinski definition) is 0. The quantitative estimate of drug-likeness (QED) is 0.161. The Morgan fingerprint density at radius 3 is 2.15 bits per heavy atom. The summed E-state index contributed by atoms with van der Waals surface area (Å²) in [4.78, 5) is 20.2. The van der Waals surface area contributed by atoms with Gasteiger partial charge in [0.25, 0.3) is 0 Å². The van der Waals surface area contributed by atoms with Crippen LogP contribution in [-0.2, 0) is 6.42 Å². The molecule has 0 bridgehead atoms. The molecule has 3 atom stereocenters. The lowest BCUT2D eigenvalue weighted by Crippen LogP contribution is -2.13. The summed E-state index contributed by atoms with van der Waals surface area (Å²) in [7, 11) is 0. The molecule has 0 spiro atoms. The fraction of sp³-hybridized carbons (Fsp3) is 0.138. The fourth-order valence-electron chi connectivity index (χ4n) is 9.78. The largest absolute Gasteiger partial charge is 0.256 e. The smallest absolute Gasteiger partial charge is 0.160 e. The van der Waals surface area contributed by atoms with Crippen LogP contribution in [-0.4, -0.2) is 19.9 Å². The summed E-state index contributed by atoms with van der Waals surface area (Å²) in [5, 5.41) is 2.38. The number of pyridine rings is 2. The Morgan fingerprint density at radius 1 is 0.548 bits per heavy atom. The van der Waals surface area contributed by atoms with Crippen molar-refractivity contribution in [3.8, 4) is 45.0 Å².